The molecule has 0 saturated heterocycles. The molecule has 2 rings (SSSR count). The molecule has 0 aliphatic heterocycles. The summed E-state index contributed by atoms with van der Waals surface area (Å²) in [5, 5.41) is 0. The Bertz CT molecular complexity index is 310. The maximum Gasteiger partial charge on any atom is 0.0350 e. The average Bonchev–Trinajstić information content (AvgIpc) is 2.26. The fourth-order valence-corrected chi connectivity index (χ4v) is 1.15. The molecule has 2 heteroatoms. The normalized spacial score (nSPS) is 23.7. The lowest BCUT2D eigenvalue weighted by Gasteiger charge is -2.21. The highest BCUT2D eigenvalue weighted by Crippen LogP contribution is 2.14. The summed E-state index contributed by atoms with van der Waals surface area (Å²) in [5.41, 5.74) is 11.9. The first-order chi connectivity index (χ1) is 7.10. The minimum atomic E-state index is -0.178. The van der Waals surface area contributed by atoms with Gasteiger partial charge in [0.1, 0.15) is 0 Å². The molecule has 0 amide bonds. The van der Waals surface area contributed by atoms with Gasteiger partial charge < -0.3 is 11.5 Å². The molecule has 0 aromatic heterocycles. The number of benzene rings is 1. The Hall–Kier alpha value is -1.54. The number of nitrogens with two attached hydrogens (primary N) is 2. The van der Waals surface area contributed by atoms with Crippen molar-refractivity contribution in [3.05, 3.63) is 60.3 Å². The zero-order chi connectivity index (χ0) is 11.1. The summed E-state index contributed by atoms with van der Waals surface area (Å²) in [6, 6.07) is 12.0. The van der Waals surface area contributed by atoms with Gasteiger partial charge in [-0.05, 0) is 19.4 Å². The van der Waals surface area contributed by atoms with Crippen LogP contribution in [-0.4, -0.2) is 5.54 Å². The second kappa shape index (κ2) is 5.37. The zero-order valence-electron chi connectivity index (χ0n) is 9.06. The summed E-state index contributed by atoms with van der Waals surface area (Å²) >= 11 is 0. The van der Waals surface area contributed by atoms with E-state index < -0.39 is 0 Å². The number of hydrogen-bond acceptors (Lipinski definition) is 2. The molecule has 1 aromatic rings. The third kappa shape index (κ3) is 5.03. The summed E-state index contributed by atoms with van der Waals surface area (Å²) in [4.78, 5) is 0. The molecule has 0 spiro atoms. The van der Waals surface area contributed by atoms with E-state index in [1.807, 2.05) is 61.5 Å². The minimum Gasteiger partial charge on any atom is -0.399 e. The predicted octanol–water partition coefficient (Wildman–Crippen LogP) is 2.19. The van der Waals surface area contributed by atoms with Crippen molar-refractivity contribution in [1.29, 1.82) is 0 Å². The van der Waals surface area contributed by atoms with Crippen LogP contribution in [0.15, 0.2) is 60.3 Å². The molecule has 0 heterocycles. The third-order valence-corrected chi connectivity index (χ3v) is 2.10. The molecular formula is C13H18N2. The first kappa shape index (κ1) is 11.5. The van der Waals surface area contributed by atoms with Crippen LogP contribution < -0.4 is 11.5 Å². The molecular weight excluding hydrogens is 184 g/mol. The highest BCUT2D eigenvalue weighted by atomic mass is 14.7. The van der Waals surface area contributed by atoms with Crippen LogP contribution in [0.25, 0.3) is 0 Å². The van der Waals surface area contributed by atoms with Crippen molar-refractivity contribution in [1.82, 2.24) is 0 Å². The molecule has 0 fully saturated rings. The lowest BCUT2D eigenvalue weighted by molar-refractivity contribution is 0.586. The van der Waals surface area contributed by atoms with Crippen molar-refractivity contribution in [3.63, 3.8) is 0 Å². The second-order valence-electron chi connectivity index (χ2n) is 3.90. The maximum atomic E-state index is 5.75. The molecule has 2 nitrogen and oxygen atoms in total. The van der Waals surface area contributed by atoms with E-state index >= 15 is 0 Å². The van der Waals surface area contributed by atoms with Gasteiger partial charge in [0.05, 0.1) is 0 Å². The smallest absolute Gasteiger partial charge is 0.0350 e. The van der Waals surface area contributed by atoms with E-state index in [1.165, 1.54) is 0 Å². The maximum absolute atomic E-state index is 5.75. The number of rotatable bonds is 0. The van der Waals surface area contributed by atoms with Crippen LogP contribution in [0.3, 0.4) is 0 Å². The summed E-state index contributed by atoms with van der Waals surface area (Å²) in [6.45, 7) is 1.98. The van der Waals surface area contributed by atoms with Gasteiger partial charge in [-0.2, -0.15) is 0 Å². The summed E-state index contributed by atoms with van der Waals surface area (Å²) in [5.74, 6) is 0. The van der Waals surface area contributed by atoms with Crippen molar-refractivity contribution < 1.29 is 0 Å². The van der Waals surface area contributed by atoms with Crippen molar-refractivity contribution in [2.75, 3.05) is 0 Å². The van der Waals surface area contributed by atoms with E-state index in [-0.39, 0.29) is 5.54 Å². The van der Waals surface area contributed by atoms with Gasteiger partial charge in [-0.25, -0.2) is 0 Å². The summed E-state index contributed by atoms with van der Waals surface area (Å²) in [6.07, 6.45) is 6.57. The van der Waals surface area contributed by atoms with Crippen LogP contribution in [0.1, 0.15) is 13.3 Å². The monoisotopic (exact) mass is 202 g/mol. The number of hydrogen-bond donors (Lipinski definition) is 2. The first-order valence-electron chi connectivity index (χ1n) is 5.04. The van der Waals surface area contributed by atoms with E-state index in [0.29, 0.717) is 0 Å². The van der Waals surface area contributed by atoms with E-state index in [9.17, 15) is 0 Å². The van der Waals surface area contributed by atoms with Crippen LogP contribution in [0.4, 0.5) is 0 Å². The van der Waals surface area contributed by atoms with Gasteiger partial charge in [0.15, 0.2) is 0 Å². The second-order valence-corrected chi connectivity index (χ2v) is 3.90. The topological polar surface area (TPSA) is 52.0 Å². The fraction of sp³-hybridized carbons (Fsp3) is 0.231. The van der Waals surface area contributed by atoms with Gasteiger partial charge in [0.2, 0.25) is 0 Å². The van der Waals surface area contributed by atoms with Crippen LogP contribution in [0.5, 0.6) is 0 Å². The van der Waals surface area contributed by atoms with Gasteiger partial charge in [0.25, 0.3) is 0 Å². The van der Waals surface area contributed by atoms with Crippen LogP contribution in [-0.2, 0) is 0 Å². The van der Waals surface area contributed by atoms with Gasteiger partial charge >= 0.3 is 0 Å². The van der Waals surface area contributed by atoms with Crippen molar-refractivity contribution in [2.45, 2.75) is 18.9 Å². The van der Waals surface area contributed by atoms with Crippen molar-refractivity contribution in [3.8, 4) is 0 Å². The van der Waals surface area contributed by atoms with Crippen LogP contribution >= 0.6 is 0 Å². The minimum absolute atomic E-state index is 0.178. The Kier molecular flexibility index (Phi) is 4.13. The standard InChI is InChI=1S/C7H12N2.C6H6/c1-7(9)4-2-6(8)3-5-7;1-2-4-6-5-3-1/h2-4H,5,8-9H2,1H3;1-6H. The fourth-order valence-electron chi connectivity index (χ4n) is 1.15. The van der Waals surface area contributed by atoms with E-state index in [0.717, 1.165) is 12.1 Å². The molecule has 0 saturated carbocycles. The van der Waals surface area contributed by atoms with E-state index in [1.54, 1.807) is 0 Å². The molecule has 0 bridgehead atoms. The van der Waals surface area contributed by atoms with Crippen molar-refractivity contribution in [2.24, 2.45) is 11.5 Å². The summed E-state index contributed by atoms with van der Waals surface area (Å²) < 4.78 is 0. The SMILES string of the molecule is CC1(N)C=CC(N)=CC1.c1ccccc1. The first-order valence-corrected chi connectivity index (χ1v) is 5.04. The lowest BCUT2D eigenvalue weighted by atomic mass is 9.94. The Balaban J connectivity index is 0.000000162. The largest absolute Gasteiger partial charge is 0.399 e. The van der Waals surface area contributed by atoms with Crippen molar-refractivity contribution >= 4 is 0 Å². The van der Waals surface area contributed by atoms with Crippen LogP contribution in [0.2, 0.25) is 0 Å². The van der Waals surface area contributed by atoms with Gasteiger partial charge in [-0.1, -0.05) is 48.6 Å². The molecule has 1 aromatic carbocycles. The van der Waals surface area contributed by atoms with E-state index in [4.69, 9.17) is 11.5 Å². The average molecular weight is 202 g/mol. The summed E-state index contributed by atoms with van der Waals surface area (Å²) in [7, 11) is 0. The molecule has 1 aliphatic rings. The quantitative estimate of drug-likeness (QED) is 0.677. The zero-order valence-corrected chi connectivity index (χ0v) is 9.06. The predicted molar refractivity (Wildman–Crippen MR) is 65.1 cm³/mol. The Morgan fingerprint density at radius 3 is 1.80 bits per heavy atom. The Labute approximate surface area is 91.3 Å². The molecule has 4 N–H and O–H groups in total. The third-order valence-electron chi connectivity index (χ3n) is 2.10. The van der Waals surface area contributed by atoms with Crippen LogP contribution in [0, 0.1) is 0 Å². The number of allylic oxidation sites excluding steroid dienone is 1. The molecule has 15 heavy (non-hydrogen) atoms. The van der Waals surface area contributed by atoms with Gasteiger partial charge in [0, 0.05) is 11.2 Å². The van der Waals surface area contributed by atoms with Gasteiger partial charge in [-0.15, -0.1) is 0 Å². The Morgan fingerprint density at radius 1 is 1.07 bits per heavy atom. The van der Waals surface area contributed by atoms with Gasteiger partial charge in [-0.3, -0.25) is 0 Å². The lowest BCUT2D eigenvalue weighted by Crippen LogP contribution is -2.34. The van der Waals surface area contributed by atoms with E-state index in [2.05, 4.69) is 0 Å². The molecule has 1 atom stereocenters. The molecule has 1 aliphatic carbocycles. The molecule has 80 valence electrons. The highest BCUT2D eigenvalue weighted by Gasteiger charge is 2.14. The highest BCUT2D eigenvalue weighted by molar-refractivity contribution is 5.25. The molecule has 1 unspecified atom stereocenters. The molecule has 0 radical (unpaired) electrons. The Morgan fingerprint density at radius 2 is 1.53 bits per heavy atom.